The second kappa shape index (κ2) is 5.28. The van der Waals surface area contributed by atoms with Gasteiger partial charge in [-0.2, -0.15) is 0 Å². The van der Waals surface area contributed by atoms with Crippen molar-refractivity contribution >= 4 is 0 Å². The smallest absolute Gasteiger partial charge is 0.0746 e. The van der Waals surface area contributed by atoms with Crippen LogP contribution in [0.3, 0.4) is 0 Å². The summed E-state index contributed by atoms with van der Waals surface area (Å²) < 4.78 is 5.40. The molecule has 0 saturated carbocycles. The zero-order valence-electron chi connectivity index (χ0n) is 10.8. The van der Waals surface area contributed by atoms with Gasteiger partial charge in [0.2, 0.25) is 0 Å². The second-order valence-corrected chi connectivity index (χ2v) is 5.42. The van der Waals surface area contributed by atoms with Crippen molar-refractivity contribution in [3.63, 3.8) is 0 Å². The molecule has 3 heteroatoms. The molecule has 1 aliphatic heterocycles. The van der Waals surface area contributed by atoms with E-state index in [9.17, 15) is 0 Å². The largest absolute Gasteiger partial charge is 0.377 e. The van der Waals surface area contributed by atoms with Crippen molar-refractivity contribution < 1.29 is 4.74 Å². The zero-order valence-corrected chi connectivity index (χ0v) is 10.8. The van der Waals surface area contributed by atoms with Crippen molar-refractivity contribution in [2.45, 2.75) is 51.8 Å². The summed E-state index contributed by atoms with van der Waals surface area (Å²) in [5, 5.41) is 3.59. The normalized spacial score (nSPS) is 24.0. The first-order valence-electron chi connectivity index (χ1n) is 5.97. The van der Waals surface area contributed by atoms with Gasteiger partial charge in [0.05, 0.1) is 5.60 Å². The Bertz CT molecular complexity index is 192. The SMILES string of the molecule is COC(C)(C)CNC1CCN(C(C)C)C1. The molecule has 0 spiro atoms. The van der Waals surface area contributed by atoms with Crippen molar-refractivity contribution in [2.24, 2.45) is 0 Å². The van der Waals surface area contributed by atoms with Crippen LogP contribution in [0.2, 0.25) is 0 Å². The van der Waals surface area contributed by atoms with Crippen LogP contribution in [0.15, 0.2) is 0 Å². The Morgan fingerprint density at radius 1 is 1.47 bits per heavy atom. The van der Waals surface area contributed by atoms with Gasteiger partial charge in [-0.25, -0.2) is 0 Å². The lowest BCUT2D eigenvalue weighted by molar-refractivity contribution is 0.0212. The minimum atomic E-state index is -0.0503. The molecule has 1 rings (SSSR count). The minimum absolute atomic E-state index is 0.0503. The number of hydrogen-bond acceptors (Lipinski definition) is 3. The average molecular weight is 214 g/mol. The summed E-state index contributed by atoms with van der Waals surface area (Å²) in [5.41, 5.74) is -0.0503. The molecule has 0 amide bonds. The van der Waals surface area contributed by atoms with Crippen LogP contribution in [0.4, 0.5) is 0 Å². The molecule has 1 saturated heterocycles. The number of nitrogens with one attached hydrogen (secondary N) is 1. The summed E-state index contributed by atoms with van der Waals surface area (Å²) in [6.07, 6.45) is 1.26. The van der Waals surface area contributed by atoms with E-state index in [0.29, 0.717) is 12.1 Å². The van der Waals surface area contributed by atoms with Crippen LogP contribution in [0.1, 0.15) is 34.1 Å². The third-order valence-electron chi connectivity index (χ3n) is 3.32. The van der Waals surface area contributed by atoms with Crippen LogP contribution >= 0.6 is 0 Å². The van der Waals surface area contributed by atoms with Gasteiger partial charge in [-0.15, -0.1) is 0 Å². The molecule has 0 aliphatic carbocycles. The highest BCUT2D eigenvalue weighted by Crippen LogP contribution is 2.13. The van der Waals surface area contributed by atoms with Crippen LogP contribution in [0, 0.1) is 0 Å². The number of hydrogen-bond donors (Lipinski definition) is 1. The van der Waals surface area contributed by atoms with Crippen molar-refractivity contribution in [2.75, 3.05) is 26.7 Å². The summed E-state index contributed by atoms with van der Waals surface area (Å²) in [4.78, 5) is 2.53. The number of likely N-dealkylation sites (tertiary alicyclic amines) is 1. The molecule has 1 fully saturated rings. The summed E-state index contributed by atoms with van der Waals surface area (Å²) in [5.74, 6) is 0. The molecular weight excluding hydrogens is 188 g/mol. The number of methoxy groups -OCH3 is 1. The predicted octanol–water partition coefficient (Wildman–Crippen LogP) is 1.48. The topological polar surface area (TPSA) is 24.5 Å². The molecule has 0 radical (unpaired) electrons. The van der Waals surface area contributed by atoms with E-state index in [2.05, 4.69) is 37.9 Å². The van der Waals surface area contributed by atoms with E-state index >= 15 is 0 Å². The first kappa shape index (κ1) is 12.9. The number of nitrogens with zero attached hydrogens (tertiary/aromatic N) is 1. The predicted molar refractivity (Wildman–Crippen MR) is 64.2 cm³/mol. The summed E-state index contributed by atoms with van der Waals surface area (Å²) >= 11 is 0. The van der Waals surface area contributed by atoms with Gasteiger partial charge in [0.25, 0.3) is 0 Å². The molecule has 0 aromatic carbocycles. The van der Waals surface area contributed by atoms with Gasteiger partial charge in [0, 0.05) is 32.3 Å². The van der Waals surface area contributed by atoms with Gasteiger partial charge < -0.3 is 10.1 Å². The fourth-order valence-corrected chi connectivity index (χ4v) is 1.89. The number of ether oxygens (including phenoxy) is 1. The second-order valence-electron chi connectivity index (χ2n) is 5.42. The Labute approximate surface area is 94.2 Å². The van der Waals surface area contributed by atoms with Gasteiger partial charge >= 0.3 is 0 Å². The molecule has 1 aliphatic rings. The maximum atomic E-state index is 5.40. The highest BCUT2D eigenvalue weighted by molar-refractivity contribution is 4.84. The van der Waals surface area contributed by atoms with Gasteiger partial charge in [0.15, 0.2) is 0 Å². The molecule has 3 nitrogen and oxygen atoms in total. The van der Waals surface area contributed by atoms with Gasteiger partial charge in [-0.1, -0.05) is 0 Å². The maximum absolute atomic E-state index is 5.40. The summed E-state index contributed by atoms with van der Waals surface area (Å²) in [6.45, 7) is 12.1. The lowest BCUT2D eigenvalue weighted by Gasteiger charge is -2.26. The molecule has 1 unspecified atom stereocenters. The fourth-order valence-electron chi connectivity index (χ4n) is 1.89. The standard InChI is InChI=1S/C12H26N2O/c1-10(2)14-7-6-11(8-14)13-9-12(3,4)15-5/h10-11,13H,6-9H2,1-5H3. The Hall–Kier alpha value is -0.120. The Balaban J connectivity index is 2.25. The Morgan fingerprint density at radius 3 is 2.60 bits per heavy atom. The quantitative estimate of drug-likeness (QED) is 0.750. The van der Waals surface area contributed by atoms with Crippen LogP contribution < -0.4 is 5.32 Å². The van der Waals surface area contributed by atoms with Gasteiger partial charge in [0.1, 0.15) is 0 Å². The maximum Gasteiger partial charge on any atom is 0.0746 e. The fraction of sp³-hybridized carbons (Fsp3) is 1.00. The third-order valence-corrected chi connectivity index (χ3v) is 3.32. The lowest BCUT2D eigenvalue weighted by atomic mass is 10.1. The van der Waals surface area contributed by atoms with Crippen LogP contribution in [0.5, 0.6) is 0 Å². The number of rotatable bonds is 5. The monoisotopic (exact) mass is 214 g/mol. The van der Waals surface area contributed by atoms with Gasteiger partial charge in [-0.05, 0) is 40.7 Å². The molecular formula is C12H26N2O. The van der Waals surface area contributed by atoms with E-state index in [4.69, 9.17) is 4.74 Å². The van der Waals surface area contributed by atoms with E-state index in [0.717, 1.165) is 6.54 Å². The summed E-state index contributed by atoms with van der Waals surface area (Å²) in [6, 6.07) is 1.31. The van der Waals surface area contributed by atoms with Crippen molar-refractivity contribution in [3.8, 4) is 0 Å². The molecule has 1 atom stereocenters. The van der Waals surface area contributed by atoms with Crippen LogP contribution in [-0.2, 0) is 4.74 Å². The molecule has 1 heterocycles. The lowest BCUT2D eigenvalue weighted by Crippen LogP contribution is -2.43. The first-order chi connectivity index (χ1) is 6.94. The van der Waals surface area contributed by atoms with Crippen molar-refractivity contribution in [1.29, 1.82) is 0 Å². The molecule has 0 bridgehead atoms. The van der Waals surface area contributed by atoms with E-state index in [1.54, 1.807) is 7.11 Å². The van der Waals surface area contributed by atoms with Crippen LogP contribution in [0.25, 0.3) is 0 Å². The summed E-state index contributed by atoms with van der Waals surface area (Å²) in [7, 11) is 1.77. The highest BCUT2D eigenvalue weighted by Gasteiger charge is 2.25. The van der Waals surface area contributed by atoms with Gasteiger partial charge in [-0.3, -0.25) is 4.90 Å². The highest BCUT2D eigenvalue weighted by atomic mass is 16.5. The molecule has 0 aromatic rings. The van der Waals surface area contributed by atoms with E-state index < -0.39 is 0 Å². The molecule has 15 heavy (non-hydrogen) atoms. The molecule has 1 N–H and O–H groups in total. The third kappa shape index (κ3) is 4.09. The zero-order chi connectivity index (χ0) is 11.5. The van der Waals surface area contributed by atoms with Crippen molar-refractivity contribution in [3.05, 3.63) is 0 Å². The average Bonchev–Trinajstić information content (AvgIpc) is 2.63. The molecule has 90 valence electrons. The Kier molecular flexibility index (Phi) is 4.56. The van der Waals surface area contributed by atoms with E-state index in [-0.39, 0.29) is 5.60 Å². The van der Waals surface area contributed by atoms with E-state index in [1.165, 1.54) is 19.5 Å². The van der Waals surface area contributed by atoms with Crippen molar-refractivity contribution in [1.82, 2.24) is 10.2 Å². The van der Waals surface area contributed by atoms with E-state index in [1.807, 2.05) is 0 Å². The minimum Gasteiger partial charge on any atom is -0.377 e. The first-order valence-corrected chi connectivity index (χ1v) is 5.97. The molecule has 0 aromatic heterocycles. The Morgan fingerprint density at radius 2 is 2.13 bits per heavy atom. The van der Waals surface area contributed by atoms with Crippen LogP contribution in [-0.4, -0.2) is 49.3 Å².